The average Bonchev–Trinajstić information content (AvgIpc) is 2.20. The Kier molecular flexibility index (Phi) is 10.0. The van der Waals surface area contributed by atoms with Crippen molar-refractivity contribution in [2.45, 2.75) is 39.2 Å². The highest BCUT2D eigenvalue weighted by Crippen LogP contribution is 2.07. The van der Waals surface area contributed by atoms with Crippen LogP contribution in [-0.2, 0) is 0 Å². The molecule has 0 saturated heterocycles. The van der Waals surface area contributed by atoms with Gasteiger partial charge in [-0.15, -0.1) is 0 Å². The summed E-state index contributed by atoms with van der Waals surface area (Å²) in [6, 6.07) is 0.482. The number of thioether (sulfide) groups is 1. The Hall–Kier alpha value is 0.270. The molecule has 0 aromatic carbocycles. The summed E-state index contributed by atoms with van der Waals surface area (Å²) in [6.07, 6.45) is 5.48. The normalized spacial score (nSPS) is 13.5. The van der Waals surface area contributed by atoms with E-state index in [1.165, 1.54) is 12.8 Å². The van der Waals surface area contributed by atoms with Crippen molar-refractivity contribution in [1.29, 1.82) is 0 Å². The number of aliphatic hydroxyl groups is 1. The molecule has 0 aliphatic heterocycles. The van der Waals surface area contributed by atoms with Crippen LogP contribution >= 0.6 is 11.8 Å². The first-order chi connectivity index (χ1) is 6.78. The molecule has 0 rings (SSSR count). The van der Waals surface area contributed by atoms with Gasteiger partial charge in [0.25, 0.3) is 0 Å². The SMILES string of the molecule is CCC(CC)CNC(CCO)CSC. The van der Waals surface area contributed by atoms with Crippen molar-refractivity contribution >= 4 is 11.8 Å². The minimum Gasteiger partial charge on any atom is -0.396 e. The molecule has 1 unspecified atom stereocenters. The molecular formula is C11H25NOS. The molecule has 0 saturated carbocycles. The van der Waals surface area contributed by atoms with Crippen LogP contribution in [-0.4, -0.2) is 36.3 Å². The highest BCUT2D eigenvalue weighted by Gasteiger charge is 2.09. The van der Waals surface area contributed by atoms with Crippen LogP contribution in [0.1, 0.15) is 33.1 Å². The molecule has 0 aliphatic carbocycles. The fourth-order valence-corrected chi connectivity index (χ4v) is 2.20. The molecule has 0 amide bonds. The van der Waals surface area contributed by atoms with E-state index < -0.39 is 0 Å². The third kappa shape index (κ3) is 6.68. The predicted molar refractivity (Wildman–Crippen MR) is 65.9 cm³/mol. The van der Waals surface area contributed by atoms with Gasteiger partial charge in [-0.25, -0.2) is 0 Å². The van der Waals surface area contributed by atoms with E-state index >= 15 is 0 Å². The molecule has 2 N–H and O–H groups in total. The quantitative estimate of drug-likeness (QED) is 0.623. The van der Waals surface area contributed by atoms with Crippen molar-refractivity contribution in [2.24, 2.45) is 5.92 Å². The summed E-state index contributed by atoms with van der Waals surface area (Å²) in [5, 5.41) is 12.4. The first-order valence-corrected chi connectivity index (χ1v) is 7.00. The third-order valence-electron chi connectivity index (χ3n) is 2.70. The van der Waals surface area contributed by atoms with Gasteiger partial charge >= 0.3 is 0 Å². The van der Waals surface area contributed by atoms with E-state index in [-0.39, 0.29) is 0 Å². The maximum absolute atomic E-state index is 8.89. The van der Waals surface area contributed by atoms with Crippen LogP contribution < -0.4 is 5.32 Å². The number of rotatable bonds is 9. The largest absolute Gasteiger partial charge is 0.396 e. The Morgan fingerprint density at radius 3 is 2.36 bits per heavy atom. The van der Waals surface area contributed by atoms with Crippen LogP contribution in [0, 0.1) is 5.92 Å². The molecule has 14 heavy (non-hydrogen) atoms. The van der Waals surface area contributed by atoms with E-state index in [1.54, 1.807) is 0 Å². The Labute approximate surface area is 92.9 Å². The second-order valence-corrected chi connectivity index (χ2v) is 4.67. The highest BCUT2D eigenvalue weighted by molar-refractivity contribution is 7.98. The van der Waals surface area contributed by atoms with Gasteiger partial charge in [0.2, 0.25) is 0 Å². The van der Waals surface area contributed by atoms with Gasteiger partial charge in [-0.2, -0.15) is 11.8 Å². The molecule has 3 heteroatoms. The van der Waals surface area contributed by atoms with Gasteiger partial charge in [-0.3, -0.25) is 0 Å². The minimum atomic E-state index is 0.293. The van der Waals surface area contributed by atoms with E-state index in [2.05, 4.69) is 25.4 Å². The molecule has 2 nitrogen and oxygen atoms in total. The van der Waals surface area contributed by atoms with Crippen molar-refractivity contribution in [2.75, 3.05) is 25.2 Å². The average molecular weight is 219 g/mol. The molecule has 0 aromatic heterocycles. The zero-order valence-corrected chi connectivity index (χ0v) is 10.6. The van der Waals surface area contributed by atoms with Crippen molar-refractivity contribution in [3.63, 3.8) is 0 Å². The van der Waals surface area contributed by atoms with Gasteiger partial charge in [0.15, 0.2) is 0 Å². The van der Waals surface area contributed by atoms with Crippen LogP contribution in [0.15, 0.2) is 0 Å². The molecule has 0 aliphatic rings. The number of hydrogen-bond acceptors (Lipinski definition) is 3. The molecule has 0 bridgehead atoms. The van der Waals surface area contributed by atoms with E-state index in [1.807, 2.05) is 11.8 Å². The van der Waals surface area contributed by atoms with Crippen LogP contribution in [0.3, 0.4) is 0 Å². The van der Waals surface area contributed by atoms with Gasteiger partial charge in [0.1, 0.15) is 0 Å². The topological polar surface area (TPSA) is 32.3 Å². The lowest BCUT2D eigenvalue weighted by atomic mass is 10.0. The minimum absolute atomic E-state index is 0.293. The second kappa shape index (κ2) is 9.81. The molecular weight excluding hydrogens is 194 g/mol. The molecule has 86 valence electrons. The van der Waals surface area contributed by atoms with Gasteiger partial charge < -0.3 is 10.4 Å². The monoisotopic (exact) mass is 219 g/mol. The fraction of sp³-hybridized carbons (Fsp3) is 1.00. The Balaban J connectivity index is 3.67. The smallest absolute Gasteiger partial charge is 0.0446 e. The Bertz CT molecular complexity index is 112. The van der Waals surface area contributed by atoms with Crippen molar-refractivity contribution in [1.82, 2.24) is 5.32 Å². The number of nitrogens with one attached hydrogen (secondary N) is 1. The first-order valence-electron chi connectivity index (χ1n) is 5.61. The standard InChI is InChI=1S/C11H25NOS/c1-4-10(5-2)8-12-11(6-7-13)9-14-3/h10-13H,4-9H2,1-3H3. The van der Waals surface area contributed by atoms with Crippen molar-refractivity contribution in [3.05, 3.63) is 0 Å². The van der Waals surface area contributed by atoms with Crippen LogP contribution in [0.5, 0.6) is 0 Å². The van der Waals surface area contributed by atoms with Gasteiger partial charge in [0, 0.05) is 18.4 Å². The van der Waals surface area contributed by atoms with Crippen molar-refractivity contribution < 1.29 is 5.11 Å². The summed E-state index contributed by atoms with van der Waals surface area (Å²) < 4.78 is 0. The molecule has 0 spiro atoms. The molecule has 1 atom stereocenters. The van der Waals surface area contributed by atoms with Crippen LogP contribution in [0.4, 0.5) is 0 Å². The van der Waals surface area contributed by atoms with Crippen LogP contribution in [0.25, 0.3) is 0 Å². The summed E-state index contributed by atoms with van der Waals surface area (Å²) in [5.41, 5.74) is 0. The third-order valence-corrected chi connectivity index (χ3v) is 3.43. The first kappa shape index (κ1) is 14.3. The fourth-order valence-electron chi connectivity index (χ4n) is 1.51. The van der Waals surface area contributed by atoms with Gasteiger partial charge in [-0.1, -0.05) is 26.7 Å². The van der Waals surface area contributed by atoms with Crippen LogP contribution in [0.2, 0.25) is 0 Å². The predicted octanol–water partition coefficient (Wildman–Crippen LogP) is 2.13. The van der Waals surface area contributed by atoms with Gasteiger partial charge in [-0.05, 0) is 25.1 Å². The lowest BCUT2D eigenvalue weighted by molar-refractivity contribution is 0.266. The number of aliphatic hydroxyl groups excluding tert-OH is 1. The van der Waals surface area contributed by atoms with E-state index in [4.69, 9.17) is 5.11 Å². The summed E-state index contributed by atoms with van der Waals surface area (Å²) in [6.45, 7) is 5.87. The molecule has 0 fully saturated rings. The van der Waals surface area contributed by atoms with Crippen molar-refractivity contribution in [3.8, 4) is 0 Å². The molecule has 0 heterocycles. The second-order valence-electron chi connectivity index (χ2n) is 3.76. The summed E-state index contributed by atoms with van der Waals surface area (Å²) >= 11 is 1.84. The van der Waals surface area contributed by atoms with E-state index in [0.29, 0.717) is 12.6 Å². The zero-order chi connectivity index (χ0) is 10.8. The maximum Gasteiger partial charge on any atom is 0.0446 e. The molecule has 0 aromatic rings. The summed E-state index contributed by atoms with van der Waals surface area (Å²) in [4.78, 5) is 0. The maximum atomic E-state index is 8.89. The number of hydrogen-bond donors (Lipinski definition) is 2. The van der Waals surface area contributed by atoms with E-state index in [0.717, 1.165) is 24.6 Å². The Morgan fingerprint density at radius 2 is 1.93 bits per heavy atom. The summed E-state index contributed by atoms with van der Waals surface area (Å²) in [7, 11) is 0. The lowest BCUT2D eigenvalue weighted by Crippen LogP contribution is -2.35. The van der Waals surface area contributed by atoms with Gasteiger partial charge in [0.05, 0.1) is 0 Å². The summed E-state index contributed by atoms with van der Waals surface area (Å²) in [5.74, 6) is 1.89. The zero-order valence-electron chi connectivity index (χ0n) is 9.75. The Morgan fingerprint density at radius 1 is 1.29 bits per heavy atom. The highest BCUT2D eigenvalue weighted by atomic mass is 32.2. The van der Waals surface area contributed by atoms with E-state index in [9.17, 15) is 0 Å². The lowest BCUT2D eigenvalue weighted by Gasteiger charge is -2.20. The molecule has 0 radical (unpaired) electrons.